The Morgan fingerprint density at radius 3 is 1.93 bits per heavy atom. The molecule has 7 heteroatoms. The van der Waals surface area contributed by atoms with Gasteiger partial charge in [-0.25, -0.2) is 9.97 Å². The van der Waals surface area contributed by atoms with E-state index in [0.29, 0.717) is 5.92 Å². The largest absolute Gasteiger partial charge is 0.353 e. The second-order valence-corrected chi connectivity index (χ2v) is 7.08. The first-order valence-electron chi connectivity index (χ1n) is 9.05. The first-order valence-corrected chi connectivity index (χ1v) is 9.05. The van der Waals surface area contributed by atoms with Crippen LogP contribution in [0.25, 0.3) is 0 Å². The van der Waals surface area contributed by atoms with Crippen LogP contribution in [0.15, 0.2) is 48.8 Å². The molecule has 0 spiro atoms. The van der Waals surface area contributed by atoms with Crippen LogP contribution in [0.3, 0.4) is 0 Å². The number of nitrogens with one attached hydrogen (secondary N) is 2. The van der Waals surface area contributed by atoms with Gasteiger partial charge in [-0.3, -0.25) is 10.1 Å². The molecular weight excluding hydrogens is 354 g/mol. The average Bonchev–Trinajstić information content (AvgIpc) is 2.61. The molecule has 0 amide bonds. The van der Waals surface area contributed by atoms with Gasteiger partial charge in [0.1, 0.15) is 6.33 Å². The molecule has 0 unspecified atom stereocenters. The normalized spacial score (nSPS) is 10.8. The highest BCUT2D eigenvalue weighted by Gasteiger charge is 2.23. The molecule has 0 fully saturated rings. The fraction of sp³-hybridized carbons (Fsp3) is 0.238. The monoisotopic (exact) mass is 377 g/mol. The fourth-order valence-electron chi connectivity index (χ4n) is 3.01. The van der Waals surface area contributed by atoms with Crippen LogP contribution in [0.5, 0.6) is 0 Å². The van der Waals surface area contributed by atoms with Crippen molar-refractivity contribution in [2.24, 2.45) is 0 Å². The Morgan fingerprint density at radius 2 is 1.43 bits per heavy atom. The highest BCUT2D eigenvalue weighted by atomic mass is 16.6. The van der Waals surface area contributed by atoms with Gasteiger partial charge in [-0.15, -0.1) is 0 Å². The highest BCUT2D eigenvalue weighted by molar-refractivity contribution is 5.77. The predicted octanol–water partition coefficient (Wildman–Crippen LogP) is 5.61. The summed E-state index contributed by atoms with van der Waals surface area (Å²) in [4.78, 5) is 19.4. The average molecular weight is 377 g/mol. The molecule has 3 aromatic rings. The number of anilines is 4. The van der Waals surface area contributed by atoms with Crippen molar-refractivity contribution in [1.82, 2.24) is 9.97 Å². The highest BCUT2D eigenvalue weighted by Crippen LogP contribution is 2.33. The fourth-order valence-corrected chi connectivity index (χ4v) is 3.01. The molecule has 2 aromatic carbocycles. The summed E-state index contributed by atoms with van der Waals surface area (Å²) in [7, 11) is 0. The molecule has 28 heavy (non-hydrogen) atoms. The second-order valence-electron chi connectivity index (χ2n) is 7.08. The van der Waals surface area contributed by atoms with Gasteiger partial charge in [0, 0.05) is 11.4 Å². The molecule has 7 nitrogen and oxygen atoms in total. The predicted molar refractivity (Wildman–Crippen MR) is 112 cm³/mol. The van der Waals surface area contributed by atoms with Crippen LogP contribution in [0.4, 0.5) is 28.7 Å². The number of aromatic nitrogens is 2. The molecule has 0 aliphatic heterocycles. The Morgan fingerprint density at radius 1 is 0.893 bits per heavy atom. The molecule has 3 rings (SSSR count). The second kappa shape index (κ2) is 8.04. The Bertz CT molecular complexity index is 980. The van der Waals surface area contributed by atoms with Crippen molar-refractivity contribution in [3.8, 4) is 0 Å². The number of nitro groups is 1. The molecule has 2 N–H and O–H groups in total. The maximum Gasteiger partial charge on any atom is 0.353 e. The summed E-state index contributed by atoms with van der Waals surface area (Å²) in [6.07, 6.45) is 1.31. The van der Waals surface area contributed by atoms with Crippen molar-refractivity contribution in [1.29, 1.82) is 0 Å². The number of benzene rings is 2. The third-order valence-electron chi connectivity index (χ3n) is 4.33. The van der Waals surface area contributed by atoms with Gasteiger partial charge in [0.25, 0.3) is 0 Å². The number of hydrogen-bond donors (Lipinski definition) is 2. The summed E-state index contributed by atoms with van der Waals surface area (Å²) in [5.74, 6) is 0.700. The van der Waals surface area contributed by atoms with Crippen LogP contribution < -0.4 is 10.6 Å². The van der Waals surface area contributed by atoms with Crippen LogP contribution in [-0.2, 0) is 0 Å². The molecule has 0 bridgehead atoms. The van der Waals surface area contributed by atoms with E-state index in [2.05, 4.69) is 34.4 Å². The number of rotatable bonds is 6. The summed E-state index contributed by atoms with van der Waals surface area (Å²) in [6, 6.07) is 13.6. The van der Waals surface area contributed by atoms with Gasteiger partial charge in [-0.1, -0.05) is 32.0 Å². The zero-order chi connectivity index (χ0) is 20.3. The Hall–Kier alpha value is -3.48. The Balaban J connectivity index is 1.94. The van der Waals surface area contributed by atoms with E-state index >= 15 is 0 Å². The van der Waals surface area contributed by atoms with Crippen LogP contribution in [0, 0.1) is 24.0 Å². The van der Waals surface area contributed by atoms with E-state index in [-0.39, 0.29) is 17.3 Å². The van der Waals surface area contributed by atoms with Crippen molar-refractivity contribution in [2.45, 2.75) is 33.6 Å². The molecule has 0 saturated heterocycles. The topological polar surface area (TPSA) is 93.0 Å². The number of aryl methyl sites for hydroxylation is 2. The SMILES string of the molecule is Cc1cc(C)cc(Nc2ncnc(Nc3ccc(C(C)C)cc3)c2[N+](=O)[O-])c1. The van der Waals surface area contributed by atoms with E-state index in [0.717, 1.165) is 22.5 Å². The molecule has 0 saturated carbocycles. The van der Waals surface area contributed by atoms with Gasteiger partial charge in [0.05, 0.1) is 4.92 Å². The van der Waals surface area contributed by atoms with Gasteiger partial charge in [0.2, 0.25) is 11.6 Å². The van der Waals surface area contributed by atoms with E-state index in [9.17, 15) is 10.1 Å². The van der Waals surface area contributed by atoms with Crippen molar-refractivity contribution >= 4 is 28.7 Å². The summed E-state index contributed by atoms with van der Waals surface area (Å²) >= 11 is 0. The summed E-state index contributed by atoms with van der Waals surface area (Å²) in [5, 5.41) is 17.8. The summed E-state index contributed by atoms with van der Waals surface area (Å²) in [5.41, 5.74) is 4.58. The summed E-state index contributed by atoms with van der Waals surface area (Å²) in [6.45, 7) is 8.17. The maximum absolute atomic E-state index is 11.7. The van der Waals surface area contributed by atoms with Gasteiger partial charge in [0.15, 0.2) is 0 Å². The van der Waals surface area contributed by atoms with E-state index < -0.39 is 4.92 Å². The molecule has 0 atom stereocenters. The van der Waals surface area contributed by atoms with Gasteiger partial charge < -0.3 is 10.6 Å². The molecule has 0 aliphatic rings. The molecule has 0 radical (unpaired) electrons. The standard InChI is InChI=1S/C21H23N5O2/c1-13(2)16-5-7-17(8-6-16)24-20-19(26(27)28)21(23-12-22-20)25-18-10-14(3)9-15(4)11-18/h5-13H,1-4H3,(H2,22,23,24,25). The van der Waals surface area contributed by atoms with Gasteiger partial charge in [-0.2, -0.15) is 0 Å². The van der Waals surface area contributed by atoms with Crippen molar-refractivity contribution < 1.29 is 4.92 Å². The van der Waals surface area contributed by atoms with E-state index in [1.807, 2.05) is 56.3 Å². The lowest BCUT2D eigenvalue weighted by atomic mass is 10.0. The van der Waals surface area contributed by atoms with Crippen molar-refractivity contribution in [2.75, 3.05) is 10.6 Å². The molecule has 1 heterocycles. The van der Waals surface area contributed by atoms with Crippen molar-refractivity contribution in [3.63, 3.8) is 0 Å². The van der Waals surface area contributed by atoms with E-state index in [4.69, 9.17) is 0 Å². The number of hydrogen-bond acceptors (Lipinski definition) is 6. The minimum atomic E-state index is -0.476. The molecule has 1 aromatic heterocycles. The molecule has 0 aliphatic carbocycles. The Kier molecular flexibility index (Phi) is 5.54. The maximum atomic E-state index is 11.7. The first kappa shape index (κ1) is 19.3. The third-order valence-corrected chi connectivity index (χ3v) is 4.33. The number of nitrogens with zero attached hydrogens (tertiary/aromatic N) is 3. The third kappa shape index (κ3) is 4.43. The van der Waals surface area contributed by atoms with Gasteiger partial charge >= 0.3 is 5.69 Å². The molecule has 144 valence electrons. The first-order chi connectivity index (χ1) is 13.3. The zero-order valence-corrected chi connectivity index (χ0v) is 16.4. The Labute approximate surface area is 164 Å². The quantitative estimate of drug-likeness (QED) is 0.428. The molecular formula is C21H23N5O2. The van der Waals surface area contributed by atoms with Crippen molar-refractivity contribution in [3.05, 3.63) is 75.6 Å². The van der Waals surface area contributed by atoms with E-state index in [1.165, 1.54) is 11.9 Å². The minimum Gasteiger partial charge on any atom is -0.334 e. The smallest absolute Gasteiger partial charge is 0.334 e. The minimum absolute atomic E-state index is 0.143. The summed E-state index contributed by atoms with van der Waals surface area (Å²) < 4.78 is 0. The lowest BCUT2D eigenvalue weighted by Gasteiger charge is -2.12. The van der Waals surface area contributed by atoms with Crippen LogP contribution >= 0.6 is 0 Å². The zero-order valence-electron chi connectivity index (χ0n) is 16.4. The lowest BCUT2D eigenvalue weighted by Crippen LogP contribution is -2.05. The van der Waals surface area contributed by atoms with E-state index in [1.54, 1.807) is 0 Å². The van der Waals surface area contributed by atoms with Crippen LogP contribution in [0.1, 0.15) is 36.5 Å². The lowest BCUT2D eigenvalue weighted by molar-refractivity contribution is -0.383. The van der Waals surface area contributed by atoms with Gasteiger partial charge in [-0.05, 0) is 60.7 Å². The van der Waals surface area contributed by atoms with Crippen LogP contribution in [0.2, 0.25) is 0 Å². The van der Waals surface area contributed by atoms with Crippen LogP contribution in [-0.4, -0.2) is 14.9 Å².